The summed E-state index contributed by atoms with van der Waals surface area (Å²) >= 11 is 5.49. The van der Waals surface area contributed by atoms with E-state index in [-0.39, 0.29) is 17.5 Å². The zero-order valence-corrected chi connectivity index (χ0v) is 10.5. The fourth-order valence-electron chi connectivity index (χ4n) is 1.05. The van der Waals surface area contributed by atoms with E-state index in [1.807, 2.05) is 0 Å². The monoisotopic (exact) mass is 251 g/mol. The lowest BCUT2D eigenvalue weighted by molar-refractivity contribution is 0.485. The Morgan fingerprint density at radius 1 is 1.60 bits per heavy atom. The van der Waals surface area contributed by atoms with Crippen molar-refractivity contribution in [3.05, 3.63) is 12.0 Å². The van der Waals surface area contributed by atoms with E-state index in [0.29, 0.717) is 5.82 Å². The maximum Gasteiger partial charge on any atom is 0.261 e. The molecule has 5 nitrogen and oxygen atoms in total. The molecule has 86 valence electrons. The first-order valence-corrected chi connectivity index (χ1v) is 6.39. The molecule has 0 bridgehead atoms. The van der Waals surface area contributed by atoms with Crippen molar-refractivity contribution in [2.75, 3.05) is 19.5 Å². The Bertz CT molecular complexity index is 421. The van der Waals surface area contributed by atoms with Crippen molar-refractivity contribution >= 4 is 21.6 Å². The van der Waals surface area contributed by atoms with Gasteiger partial charge in [0, 0.05) is 32.7 Å². The standard InChI is InChI=1S/C8H14ClN3O2S/c1-7-10-8(6-11(7)2)15(13,14)12(3)5-4-9/h6H,4-5H2,1-3H3. The van der Waals surface area contributed by atoms with Crippen LogP contribution in [0.4, 0.5) is 0 Å². The fraction of sp³-hybridized carbons (Fsp3) is 0.625. The Morgan fingerprint density at radius 3 is 2.60 bits per heavy atom. The van der Waals surface area contributed by atoms with Gasteiger partial charge in [-0.05, 0) is 6.92 Å². The predicted octanol–water partition coefficient (Wildman–Crippen LogP) is 0.588. The van der Waals surface area contributed by atoms with Crippen LogP contribution in [-0.2, 0) is 17.1 Å². The zero-order chi connectivity index (χ0) is 11.6. The second kappa shape index (κ2) is 4.51. The van der Waals surface area contributed by atoms with Crippen LogP contribution in [0.2, 0.25) is 0 Å². The Hall–Kier alpha value is -0.590. The molecule has 1 heterocycles. The van der Waals surface area contributed by atoms with Gasteiger partial charge in [-0.1, -0.05) is 0 Å². The summed E-state index contributed by atoms with van der Waals surface area (Å²) in [6.45, 7) is 2.03. The van der Waals surface area contributed by atoms with Crippen molar-refractivity contribution in [3.63, 3.8) is 0 Å². The van der Waals surface area contributed by atoms with E-state index in [2.05, 4.69) is 4.98 Å². The molecule has 1 rings (SSSR count). The maximum absolute atomic E-state index is 11.9. The van der Waals surface area contributed by atoms with Crippen molar-refractivity contribution < 1.29 is 8.42 Å². The molecule has 0 N–H and O–H groups in total. The molecule has 0 saturated heterocycles. The van der Waals surface area contributed by atoms with Crippen LogP contribution in [-0.4, -0.2) is 41.7 Å². The molecule has 0 aliphatic heterocycles. The Kier molecular flexibility index (Phi) is 3.75. The summed E-state index contributed by atoms with van der Waals surface area (Å²) in [5, 5.41) is 0.0649. The minimum absolute atomic E-state index is 0.0649. The van der Waals surface area contributed by atoms with Gasteiger partial charge in [-0.25, -0.2) is 13.4 Å². The molecule has 1 aromatic rings. The predicted molar refractivity (Wildman–Crippen MR) is 58.5 cm³/mol. The maximum atomic E-state index is 11.9. The highest BCUT2D eigenvalue weighted by Crippen LogP contribution is 2.12. The third-order valence-electron chi connectivity index (χ3n) is 2.16. The van der Waals surface area contributed by atoms with Crippen LogP contribution in [0.25, 0.3) is 0 Å². The summed E-state index contributed by atoms with van der Waals surface area (Å²) in [7, 11) is -0.245. The minimum atomic E-state index is -3.49. The summed E-state index contributed by atoms with van der Waals surface area (Å²) < 4.78 is 26.6. The van der Waals surface area contributed by atoms with Crippen LogP contribution in [0, 0.1) is 6.92 Å². The third-order valence-corrected chi connectivity index (χ3v) is 4.06. The highest BCUT2D eigenvalue weighted by Gasteiger charge is 2.23. The van der Waals surface area contributed by atoms with Crippen molar-refractivity contribution in [1.82, 2.24) is 13.9 Å². The van der Waals surface area contributed by atoms with Crippen molar-refractivity contribution in [1.29, 1.82) is 0 Å². The number of hydrogen-bond acceptors (Lipinski definition) is 3. The second-order valence-electron chi connectivity index (χ2n) is 3.25. The average molecular weight is 252 g/mol. The van der Waals surface area contributed by atoms with Gasteiger partial charge in [0.15, 0.2) is 5.03 Å². The number of aromatic nitrogens is 2. The first-order valence-electron chi connectivity index (χ1n) is 4.42. The lowest BCUT2D eigenvalue weighted by Gasteiger charge is -2.13. The van der Waals surface area contributed by atoms with Gasteiger partial charge < -0.3 is 4.57 Å². The average Bonchev–Trinajstić information content (AvgIpc) is 2.48. The van der Waals surface area contributed by atoms with E-state index in [4.69, 9.17) is 11.6 Å². The number of sulfonamides is 1. The van der Waals surface area contributed by atoms with E-state index in [1.165, 1.54) is 17.5 Å². The highest BCUT2D eigenvalue weighted by atomic mass is 35.5. The van der Waals surface area contributed by atoms with E-state index >= 15 is 0 Å². The number of nitrogens with zero attached hydrogens (tertiary/aromatic N) is 3. The summed E-state index contributed by atoms with van der Waals surface area (Å²) in [6.07, 6.45) is 1.50. The second-order valence-corrected chi connectivity index (χ2v) is 5.62. The summed E-state index contributed by atoms with van der Waals surface area (Å²) in [5.74, 6) is 0.925. The van der Waals surface area contributed by atoms with Gasteiger partial charge in [-0.15, -0.1) is 11.6 Å². The number of alkyl halides is 1. The molecule has 0 fully saturated rings. The van der Waals surface area contributed by atoms with Crippen molar-refractivity contribution in [2.24, 2.45) is 7.05 Å². The Balaban J connectivity index is 3.06. The molecule has 0 atom stereocenters. The molecule has 0 aliphatic rings. The summed E-state index contributed by atoms with van der Waals surface area (Å²) in [5.41, 5.74) is 0. The van der Waals surface area contributed by atoms with Gasteiger partial charge in [-0.2, -0.15) is 4.31 Å². The highest BCUT2D eigenvalue weighted by molar-refractivity contribution is 7.89. The third kappa shape index (κ3) is 2.50. The molecule has 0 radical (unpaired) electrons. The molecule has 0 saturated carbocycles. The fourth-order valence-corrected chi connectivity index (χ4v) is 2.59. The van der Waals surface area contributed by atoms with Crippen LogP contribution in [0.15, 0.2) is 11.2 Å². The molecule has 15 heavy (non-hydrogen) atoms. The molecule has 0 spiro atoms. The number of hydrogen-bond donors (Lipinski definition) is 0. The SMILES string of the molecule is Cc1nc(S(=O)(=O)N(C)CCCl)cn1C. The number of imidazole rings is 1. The lowest BCUT2D eigenvalue weighted by Crippen LogP contribution is -2.29. The van der Waals surface area contributed by atoms with Crippen molar-refractivity contribution in [2.45, 2.75) is 11.9 Å². The summed E-state index contributed by atoms with van der Waals surface area (Å²) in [4.78, 5) is 3.98. The quantitative estimate of drug-likeness (QED) is 0.736. The van der Waals surface area contributed by atoms with Gasteiger partial charge in [0.1, 0.15) is 5.82 Å². The molecule has 0 aromatic carbocycles. The van der Waals surface area contributed by atoms with Crippen LogP contribution < -0.4 is 0 Å². The van der Waals surface area contributed by atoms with Gasteiger partial charge in [0.25, 0.3) is 10.0 Å². The topological polar surface area (TPSA) is 55.2 Å². The van der Waals surface area contributed by atoms with Gasteiger partial charge in [-0.3, -0.25) is 0 Å². The van der Waals surface area contributed by atoms with Crippen LogP contribution in [0.3, 0.4) is 0 Å². The van der Waals surface area contributed by atoms with Crippen LogP contribution >= 0.6 is 11.6 Å². The van der Waals surface area contributed by atoms with E-state index in [1.54, 1.807) is 18.5 Å². The zero-order valence-electron chi connectivity index (χ0n) is 8.94. The first-order chi connectivity index (χ1) is 6.89. The minimum Gasteiger partial charge on any atom is -0.337 e. The van der Waals surface area contributed by atoms with Gasteiger partial charge in [0.2, 0.25) is 0 Å². The van der Waals surface area contributed by atoms with Crippen molar-refractivity contribution in [3.8, 4) is 0 Å². The molecular weight excluding hydrogens is 238 g/mol. The number of aryl methyl sites for hydroxylation is 2. The van der Waals surface area contributed by atoms with E-state index in [0.717, 1.165) is 0 Å². The molecule has 0 aliphatic carbocycles. The number of rotatable bonds is 4. The van der Waals surface area contributed by atoms with Gasteiger partial charge >= 0.3 is 0 Å². The molecular formula is C8H14ClN3O2S. The van der Waals surface area contributed by atoms with Crippen LogP contribution in [0.5, 0.6) is 0 Å². The molecule has 0 unspecified atom stereocenters. The smallest absolute Gasteiger partial charge is 0.261 e. The Labute approximate surface area is 94.7 Å². The summed E-state index contributed by atoms with van der Waals surface area (Å²) in [6, 6.07) is 0. The molecule has 1 aromatic heterocycles. The lowest BCUT2D eigenvalue weighted by atomic mass is 10.7. The van der Waals surface area contributed by atoms with Gasteiger partial charge in [0.05, 0.1) is 0 Å². The Morgan fingerprint density at radius 2 is 2.20 bits per heavy atom. The first kappa shape index (κ1) is 12.5. The largest absolute Gasteiger partial charge is 0.337 e. The normalized spacial score (nSPS) is 12.3. The van der Waals surface area contributed by atoms with E-state index < -0.39 is 10.0 Å². The number of halogens is 1. The van der Waals surface area contributed by atoms with Crippen LogP contribution in [0.1, 0.15) is 5.82 Å². The molecule has 0 amide bonds. The molecule has 7 heteroatoms. The van der Waals surface area contributed by atoms with E-state index in [9.17, 15) is 8.42 Å².